The van der Waals surface area contributed by atoms with Gasteiger partial charge in [-0.2, -0.15) is 5.26 Å². The molecular formula is C20H16N2O4S2. The number of aryl methyl sites for hydroxylation is 1. The van der Waals surface area contributed by atoms with Crippen molar-refractivity contribution in [3.8, 4) is 6.07 Å². The molecule has 0 saturated carbocycles. The fraction of sp³-hybridized carbons (Fsp3) is 0.200. The van der Waals surface area contributed by atoms with Crippen LogP contribution in [0.25, 0.3) is 10.9 Å². The Balaban J connectivity index is 1.83. The van der Waals surface area contributed by atoms with Gasteiger partial charge in [0.05, 0.1) is 27.8 Å². The minimum Gasteiger partial charge on any atom is -0.479 e. The van der Waals surface area contributed by atoms with Crippen LogP contribution in [0.5, 0.6) is 0 Å². The smallest absolute Gasteiger partial charge is 0.340 e. The van der Waals surface area contributed by atoms with Gasteiger partial charge < -0.3 is 10.2 Å². The van der Waals surface area contributed by atoms with Crippen LogP contribution in [0, 0.1) is 18.3 Å². The van der Waals surface area contributed by atoms with Crippen LogP contribution in [0.1, 0.15) is 32.7 Å². The van der Waals surface area contributed by atoms with Gasteiger partial charge in [-0.3, -0.25) is 9.78 Å². The highest BCUT2D eigenvalue weighted by Gasteiger charge is 2.34. The lowest BCUT2D eigenvalue weighted by Gasteiger charge is -2.15. The average Bonchev–Trinajstić information content (AvgIpc) is 3.16. The molecule has 28 heavy (non-hydrogen) atoms. The number of aliphatic hydroxyl groups is 1. The van der Waals surface area contributed by atoms with E-state index >= 15 is 0 Å². The topological polar surface area (TPSA) is 111 Å². The SMILES string of the molecule is Cc1cc(SCC(=O)c2ccc([C@@](C)(O)C(=O)O)s2)c2cc(C#N)ccc2n1. The molecule has 142 valence electrons. The van der Waals surface area contributed by atoms with E-state index in [1.54, 1.807) is 18.2 Å². The largest absolute Gasteiger partial charge is 0.479 e. The van der Waals surface area contributed by atoms with Crippen molar-refractivity contribution < 1.29 is 19.8 Å². The number of carbonyl (C=O) groups excluding carboxylic acids is 1. The minimum atomic E-state index is -2.03. The molecular weight excluding hydrogens is 396 g/mol. The summed E-state index contributed by atoms with van der Waals surface area (Å²) < 4.78 is 0. The first-order chi connectivity index (χ1) is 13.2. The van der Waals surface area contributed by atoms with E-state index in [1.165, 1.54) is 30.8 Å². The number of carboxylic acids is 1. The molecule has 0 saturated heterocycles. The lowest BCUT2D eigenvalue weighted by Crippen LogP contribution is -2.30. The Labute approximate surface area is 169 Å². The first-order valence-corrected chi connectivity index (χ1v) is 10.1. The second-order valence-corrected chi connectivity index (χ2v) is 8.46. The molecule has 0 unspecified atom stereocenters. The Hall–Kier alpha value is -2.73. The van der Waals surface area contributed by atoms with Crippen LogP contribution < -0.4 is 0 Å². The van der Waals surface area contributed by atoms with E-state index in [2.05, 4.69) is 11.1 Å². The van der Waals surface area contributed by atoms with Gasteiger partial charge in [-0.1, -0.05) is 0 Å². The highest BCUT2D eigenvalue weighted by molar-refractivity contribution is 8.00. The second-order valence-electron chi connectivity index (χ2n) is 6.36. The van der Waals surface area contributed by atoms with Gasteiger partial charge in [0.2, 0.25) is 0 Å². The van der Waals surface area contributed by atoms with Gasteiger partial charge in [-0.25, -0.2) is 4.79 Å². The number of thiophene rings is 1. The monoisotopic (exact) mass is 412 g/mol. The Morgan fingerprint density at radius 2 is 2.04 bits per heavy atom. The summed E-state index contributed by atoms with van der Waals surface area (Å²) in [6.07, 6.45) is 0. The lowest BCUT2D eigenvalue weighted by atomic mass is 10.1. The third-order valence-electron chi connectivity index (χ3n) is 4.16. The first kappa shape index (κ1) is 20.0. The number of aliphatic carboxylic acids is 1. The van der Waals surface area contributed by atoms with Gasteiger partial charge in [-0.15, -0.1) is 23.1 Å². The molecule has 3 rings (SSSR count). The van der Waals surface area contributed by atoms with Gasteiger partial charge in [0.25, 0.3) is 0 Å². The van der Waals surface area contributed by atoms with E-state index in [0.29, 0.717) is 10.4 Å². The molecule has 0 amide bonds. The summed E-state index contributed by atoms with van der Waals surface area (Å²) in [4.78, 5) is 29.6. The third kappa shape index (κ3) is 3.92. The molecule has 2 aromatic heterocycles. The van der Waals surface area contributed by atoms with Crippen molar-refractivity contribution in [1.29, 1.82) is 5.26 Å². The van der Waals surface area contributed by atoms with Crippen molar-refractivity contribution >= 4 is 45.8 Å². The molecule has 6 nitrogen and oxygen atoms in total. The number of rotatable bonds is 6. The Morgan fingerprint density at radius 3 is 2.71 bits per heavy atom. The summed E-state index contributed by atoms with van der Waals surface area (Å²) in [5.41, 5.74) is 0.0562. The minimum absolute atomic E-state index is 0.143. The number of nitrogens with zero attached hydrogens (tertiary/aromatic N) is 2. The van der Waals surface area contributed by atoms with Crippen molar-refractivity contribution in [1.82, 2.24) is 4.98 Å². The van der Waals surface area contributed by atoms with Crippen LogP contribution in [0.3, 0.4) is 0 Å². The molecule has 8 heteroatoms. The normalized spacial score (nSPS) is 13.1. The van der Waals surface area contributed by atoms with E-state index in [1.807, 2.05) is 13.0 Å². The molecule has 0 bridgehead atoms. The van der Waals surface area contributed by atoms with E-state index in [0.717, 1.165) is 32.8 Å². The van der Waals surface area contributed by atoms with Crippen molar-refractivity contribution in [2.45, 2.75) is 24.3 Å². The standard InChI is InChI=1S/C20H16N2O4S2/c1-11-7-17(13-8-12(9-21)3-4-14(13)22-11)27-10-15(23)16-5-6-18(28-16)20(2,26)19(24)25/h3-8,26H,10H2,1-2H3,(H,24,25)/t20-/m1/s1. The predicted molar refractivity (Wildman–Crippen MR) is 108 cm³/mol. The number of Topliss-reactive ketones (excluding diaryl/α,β-unsaturated/α-hetero) is 1. The summed E-state index contributed by atoms with van der Waals surface area (Å²) in [7, 11) is 0. The number of thioether (sulfide) groups is 1. The van der Waals surface area contributed by atoms with Crippen LogP contribution in [0.15, 0.2) is 41.3 Å². The molecule has 2 N–H and O–H groups in total. The van der Waals surface area contributed by atoms with Crippen molar-refractivity contribution in [2.75, 3.05) is 5.75 Å². The third-order valence-corrected chi connectivity index (χ3v) is 6.56. The zero-order valence-corrected chi connectivity index (χ0v) is 16.7. The zero-order chi connectivity index (χ0) is 20.5. The molecule has 0 aliphatic carbocycles. The van der Waals surface area contributed by atoms with Crippen LogP contribution in [0.2, 0.25) is 0 Å². The van der Waals surface area contributed by atoms with Gasteiger partial charge in [0, 0.05) is 20.9 Å². The van der Waals surface area contributed by atoms with E-state index in [9.17, 15) is 14.7 Å². The van der Waals surface area contributed by atoms with Gasteiger partial charge in [0.15, 0.2) is 11.4 Å². The number of carbonyl (C=O) groups is 2. The molecule has 2 heterocycles. The average molecular weight is 412 g/mol. The number of aromatic nitrogens is 1. The molecule has 1 atom stereocenters. The van der Waals surface area contributed by atoms with Crippen molar-refractivity contribution in [3.63, 3.8) is 0 Å². The van der Waals surface area contributed by atoms with Gasteiger partial charge in [0.1, 0.15) is 0 Å². The summed E-state index contributed by atoms with van der Waals surface area (Å²) in [6.45, 7) is 3.05. The van der Waals surface area contributed by atoms with E-state index in [4.69, 9.17) is 10.4 Å². The summed E-state index contributed by atoms with van der Waals surface area (Å²) >= 11 is 2.31. The Kier molecular flexibility index (Phi) is 5.52. The molecule has 0 aliphatic heterocycles. The van der Waals surface area contributed by atoms with Crippen LogP contribution in [-0.2, 0) is 10.4 Å². The van der Waals surface area contributed by atoms with Gasteiger partial charge in [-0.05, 0) is 50.2 Å². The fourth-order valence-corrected chi connectivity index (χ4v) is 4.67. The molecule has 3 aromatic rings. The molecule has 1 aromatic carbocycles. The summed E-state index contributed by atoms with van der Waals surface area (Å²) in [5.74, 6) is -1.39. The number of hydrogen-bond donors (Lipinski definition) is 2. The maximum atomic E-state index is 12.6. The number of carboxylic acid groups (broad SMARTS) is 1. The highest BCUT2D eigenvalue weighted by Crippen LogP contribution is 2.32. The molecule has 0 radical (unpaired) electrons. The number of benzene rings is 1. The maximum Gasteiger partial charge on any atom is 0.340 e. The maximum absolute atomic E-state index is 12.6. The summed E-state index contributed by atoms with van der Waals surface area (Å²) in [6, 6.07) is 12.2. The van der Waals surface area contributed by atoms with Crippen molar-refractivity contribution in [3.05, 3.63) is 57.4 Å². The number of ketones is 1. The van der Waals surface area contributed by atoms with E-state index < -0.39 is 11.6 Å². The molecule has 0 fully saturated rings. The van der Waals surface area contributed by atoms with Crippen molar-refractivity contribution in [2.24, 2.45) is 0 Å². The van der Waals surface area contributed by atoms with E-state index in [-0.39, 0.29) is 16.4 Å². The van der Waals surface area contributed by atoms with Crippen LogP contribution >= 0.6 is 23.1 Å². The van der Waals surface area contributed by atoms with Gasteiger partial charge >= 0.3 is 5.97 Å². The molecule has 0 spiro atoms. The number of hydrogen-bond acceptors (Lipinski definition) is 7. The van der Waals surface area contributed by atoms with Crippen LogP contribution in [-0.4, -0.2) is 32.7 Å². The number of nitriles is 1. The number of pyridine rings is 1. The Bertz CT molecular complexity index is 1130. The number of fused-ring (bicyclic) bond motifs is 1. The lowest BCUT2D eigenvalue weighted by molar-refractivity contribution is -0.157. The fourth-order valence-electron chi connectivity index (χ4n) is 2.58. The highest BCUT2D eigenvalue weighted by atomic mass is 32.2. The first-order valence-electron chi connectivity index (χ1n) is 8.26. The second kappa shape index (κ2) is 7.72. The van der Waals surface area contributed by atoms with Crippen LogP contribution in [0.4, 0.5) is 0 Å². The Morgan fingerprint density at radius 1 is 1.29 bits per heavy atom. The quantitative estimate of drug-likeness (QED) is 0.468. The summed E-state index contributed by atoms with van der Waals surface area (Å²) in [5, 5.41) is 29.1. The molecule has 0 aliphatic rings. The zero-order valence-electron chi connectivity index (χ0n) is 15.1. The predicted octanol–water partition coefficient (Wildman–Crippen LogP) is 3.74.